The lowest BCUT2D eigenvalue weighted by Crippen LogP contribution is -2.50. The van der Waals surface area contributed by atoms with Crippen LogP contribution < -0.4 is 0 Å². The molecule has 2 fully saturated rings. The Morgan fingerprint density at radius 1 is 1.13 bits per heavy atom. The van der Waals surface area contributed by atoms with Crippen LogP contribution in [0.4, 0.5) is 0 Å². The van der Waals surface area contributed by atoms with E-state index in [0.717, 1.165) is 69.2 Å². The number of amides is 1. The molecule has 166 valence electrons. The molecule has 4 rings (SSSR count). The second-order valence-electron chi connectivity index (χ2n) is 8.82. The topological polar surface area (TPSA) is 50.6 Å². The summed E-state index contributed by atoms with van der Waals surface area (Å²) >= 11 is 0. The Hall–Kier alpha value is -2.44. The van der Waals surface area contributed by atoms with Gasteiger partial charge in [-0.1, -0.05) is 29.8 Å². The van der Waals surface area contributed by atoms with E-state index >= 15 is 0 Å². The van der Waals surface area contributed by atoms with Gasteiger partial charge in [-0.15, -0.1) is 0 Å². The van der Waals surface area contributed by atoms with Crippen molar-refractivity contribution in [3.63, 3.8) is 0 Å². The predicted molar refractivity (Wildman–Crippen MR) is 123 cm³/mol. The molecular formula is C25H34N4O2. The third kappa shape index (κ3) is 5.43. The molecule has 0 saturated carbocycles. The van der Waals surface area contributed by atoms with Crippen LogP contribution in [0.5, 0.6) is 0 Å². The number of carbonyl (C=O) groups excluding carboxylic acids is 1. The van der Waals surface area contributed by atoms with E-state index in [0.29, 0.717) is 6.10 Å². The fourth-order valence-electron chi connectivity index (χ4n) is 4.46. The minimum Gasteiger partial charge on any atom is -0.377 e. The molecule has 1 unspecified atom stereocenters. The SMILES string of the molecule is Cc1ccc(Cn2nc(C)c(/C=C/C(=O)N3CCN(CC4CCCO4)CC3)c2C)cc1. The van der Waals surface area contributed by atoms with Crippen molar-refractivity contribution < 1.29 is 9.53 Å². The molecule has 2 saturated heterocycles. The minimum atomic E-state index is 0.0850. The number of hydrogen-bond donors (Lipinski definition) is 0. The van der Waals surface area contributed by atoms with E-state index in [9.17, 15) is 4.79 Å². The van der Waals surface area contributed by atoms with Gasteiger partial charge in [-0.25, -0.2) is 0 Å². The Morgan fingerprint density at radius 3 is 2.55 bits per heavy atom. The first-order valence-electron chi connectivity index (χ1n) is 11.4. The molecule has 31 heavy (non-hydrogen) atoms. The maximum atomic E-state index is 12.7. The van der Waals surface area contributed by atoms with E-state index in [1.165, 1.54) is 17.5 Å². The van der Waals surface area contributed by atoms with Crippen molar-refractivity contribution in [2.75, 3.05) is 39.3 Å². The highest BCUT2D eigenvalue weighted by molar-refractivity contribution is 5.92. The van der Waals surface area contributed by atoms with E-state index in [-0.39, 0.29) is 5.91 Å². The third-order valence-electron chi connectivity index (χ3n) is 6.45. The van der Waals surface area contributed by atoms with Crippen molar-refractivity contribution in [3.05, 3.63) is 58.4 Å². The normalized spacial score (nSPS) is 20.1. The van der Waals surface area contributed by atoms with Crippen molar-refractivity contribution in [2.45, 2.75) is 46.3 Å². The smallest absolute Gasteiger partial charge is 0.246 e. The molecule has 6 heteroatoms. The number of hydrogen-bond acceptors (Lipinski definition) is 4. The van der Waals surface area contributed by atoms with E-state index in [2.05, 4.69) is 43.0 Å². The number of carbonyl (C=O) groups is 1. The van der Waals surface area contributed by atoms with Crippen LogP contribution in [0.25, 0.3) is 6.08 Å². The first-order valence-corrected chi connectivity index (χ1v) is 11.4. The van der Waals surface area contributed by atoms with Gasteiger partial charge < -0.3 is 9.64 Å². The van der Waals surface area contributed by atoms with E-state index < -0.39 is 0 Å². The lowest BCUT2D eigenvalue weighted by Gasteiger charge is -2.35. The summed E-state index contributed by atoms with van der Waals surface area (Å²) in [4.78, 5) is 17.1. The lowest BCUT2D eigenvalue weighted by molar-refractivity contribution is -0.127. The fraction of sp³-hybridized carbons (Fsp3) is 0.520. The van der Waals surface area contributed by atoms with Crippen molar-refractivity contribution in [1.82, 2.24) is 19.6 Å². The molecule has 2 aromatic rings. The number of benzene rings is 1. The van der Waals surface area contributed by atoms with Crippen LogP contribution in [0.3, 0.4) is 0 Å². The van der Waals surface area contributed by atoms with E-state index in [1.54, 1.807) is 6.08 Å². The zero-order chi connectivity index (χ0) is 21.8. The van der Waals surface area contributed by atoms with Crippen LogP contribution in [0.2, 0.25) is 0 Å². The van der Waals surface area contributed by atoms with Crippen LogP contribution in [0, 0.1) is 20.8 Å². The van der Waals surface area contributed by atoms with Gasteiger partial charge in [0.2, 0.25) is 5.91 Å². The quantitative estimate of drug-likeness (QED) is 0.671. The van der Waals surface area contributed by atoms with Gasteiger partial charge in [0.05, 0.1) is 18.3 Å². The van der Waals surface area contributed by atoms with Crippen molar-refractivity contribution >= 4 is 12.0 Å². The maximum absolute atomic E-state index is 12.7. The van der Waals surface area contributed by atoms with Gasteiger partial charge in [0, 0.05) is 56.7 Å². The molecule has 1 aromatic heterocycles. The molecule has 0 radical (unpaired) electrons. The Morgan fingerprint density at radius 2 is 1.87 bits per heavy atom. The molecule has 3 heterocycles. The Labute approximate surface area is 185 Å². The highest BCUT2D eigenvalue weighted by atomic mass is 16.5. The summed E-state index contributed by atoms with van der Waals surface area (Å²) in [6, 6.07) is 8.54. The maximum Gasteiger partial charge on any atom is 0.246 e. The molecule has 1 amide bonds. The van der Waals surface area contributed by atoms with Gasteiger partial charge in [-0.05, 0) is 45.3 Å². The highest BCUT2D eigenvalue weighted by Crippen LogP contribution is 2.18. The Bertz CT molecular complexity index is 918. The number of aryl methyl sites for hydroxylation is 2. The molecule has 0 N–H and O–H groups in total. The van der Waals surface area contributed by atoms with Gasteiger partial charge in [0.1, 0.15) is 0 Å². The van der Waals surface area contributed by atoms with Gasteiger partial charge in [0.25, 0.3) is 0 Å². The first-order chi connectivity index (χ1) is 15.0. The molecule has 1 atom stereocenters. The number of nitrogens with zero attached hydrogens (tertiary/aromatic N) is 4. The molecule has 0 bridgehead atoms. The Balaban J connectivity index is 1.33. The van der Waals surface area contributed by atoms with Crippen LogP contribution in [-0.2, 0) is 16.1 Å². The average molecular weight is 423 g/mol. The van der Waals surface area contributed by atoms with Gasteiger partial charge >= 0.3 is 0 Å². The predicted octanol–water partition coefficient (Wildman–Crippen LogP) is 3.19. The number of aromatic nitrogens is 2. The van der Waals surface area contributed by atoms with Crippen LogP contribution in [0.1, 0.15) is 40.9 Å². The summed E-state index contributed by atoms with van der Waals surface area (Å²) in [5, 5.41) is 4.70. The molecule has 2 aliphatic rings. The lowest BCUT2D eigenvalue weighted by atomic mass is 10.1. The van der Waals surface area contributed by atoms with E-state index in [4.69, 9.17) is 9.84 Å². The van der Waals surface area contributed by atoms with Crippen LogP contribution in [-0.4, -0.2) is 70.9 Å². The fourth-order valence-corrected chi connectivity index (χ4v) is 4.46. The standard InChI is InChI=1S/C25H34N4O2/c1-19-6-8-22(9-7-19)17-29-21(3)24(20(2)26-29)10-11-25(30)28-14-12-27(13-15-28)18-23-5-4-16-31-23/h6-11,23H,4-5,12-18H2,1-3H3/b11-10+. The van der Waals surface area contributed by atoms with Gasteiger partial charge in [0.15, 0.2) is 0 Å². The van der Waals surface area contributed by atoms with E-state index in [1.807, 2.05) is 22.6 Å². The minimum absolute atomic E-state index is 0.0850. The van der Waals surface area contributed by atoms with Crippen molar-refractivity contribution in [2.24, 2.45) is 0 Å². The molecule has 6 nitrogen and oxygen atoms in total. The number of piperazine rings is 1. The first kappa shape index (κ1) is 21.8. The molecule has 1 aromatic carbocycles. The van der Waals surface area contributed by atoms with Crippen molar-refractivity contribution in [1.29, 1.82) is 0 Å². The average Bonchev–Trinajstić information content (AvgIpc) is 3.37. The molecule has 2 aliphatic heterocycles. The molecule has 0 aliphatic carbocycles. The summed E-state index contributed by atoms with van der Waals surface area (Å²) in [6.45, 7) is 12.2. The third-order valence-corrected chi connectivity index (χ3v) is 6.45. The van der Waals surface area contributed by atoms with Crippen LogP contribution >= 0.6 is 0 Å². The number of rotatable bonds is 6. The highest BCUT2D eigenvalue weighted by Gasteiger charge is 2.24. The molecular weight excluding hydrogens is 388 g/mol. The Kier molecular flexibility index (Phi) is 6.88. The largest absolute Gasteiger partial charge is 0.377 e. The summed E-state index contributed by atoms with van der Waals surface area (Å²) in [5.41, 5.74) is 5.56. The molecule has 0 spiro atoms. The summed E-state index contributed by atoms with van der Waals surface area (Å²) in [6.07, 6.45) is 6.37. The van der Waals surface area contributed by atoms with Crippen LogP contribution in [0.15, 0.2) is 30.3 Å². The van der Waals surface area contributed by atoms with Gasteiger partial charge in [-0.2, -0.15) is 5.10 Å². The second-order valence-corrected chi connectivity index (χ2v) is 8.82. The summed E-state index contributed by atoms with van der Waals surface area (Å²) in [5.74, 6) is 0.0850. The summed E-state index contributed by atoms with van der Waals surface area (Å²) < 4.78 is 7.77. The number of ether oxygens (including phenoxy) is 1. The zero-order valence-corrected chi connectivity index (χ0v) is 19.0. The van der Waals surface area contributed by atoms with Gasteiger partial charge in [-0.3, -0.25) is 14.4 Å². The second kappa shape index (κ2) is 9.79. The summed E-state index contributed by atoms with van der Waals surface area (Å²) in [7, 11) is 0. The van der Waals surface area contributed by atoms with Crippen molar-refractivity contribution in [3.8, 4) is 0 Å². The monoisotopic (exact) mass is 422 g/mol. The zero-order valence-electron chi connectivity index (χ0n) is 19.0.